The lowest BCUT2D eigenvalue weighted by atomic mass is 10.1. The van der Waals surface area contributed by atoms with Crippen molar-refractivity contribution in [3.63, 3.8) is 0 Å². The standard InChI is InChI=1S/C5H13NO.C4H11NOS/c1-4(2)3-5(6)7;1-7-3-2-4(5)6/h4-5,7H,3,6H2,1-2H3;4,6H,2-3,5H2,1H3/t5-;4-/m11/s1. The molecule has 2 atom stereocenters. The Labute approximate surface area is 91.1 Å². The largest absolute Gasteiger partial charge is 0.379 e. The third-order valence-electron chi connectivity index (χ3n) is 1.33. The van der Waals surface area contributed by atoms with Crippen molar-refractivity contribution in [1.29, 1.82) is 0 Å². The topological polar surface area (TPSA) is 92.5 Å². The molecule has 6 N–H and O–H groups in total. The van der Waals surface area contributed by atoms with E-state index in [4.69, 9.17) is 21.7 Å². The number of hydrogen-bond acceptors (Lipinski definition) is 5. The molecule has 0 bridgehead atoms. The molecule has 0 aromatic rings. The molecule has 0 radical (unpaired) electrons. The summed E-state index contributed by atoms with van der Waals surface area (Å²) in [6, 6.07) is 0. The maximum atomic E-state index is 8.50. The molecule has 0 aromatic carbocycles. The highest BCUT2D eigenvalue weighted by Crippen LogP contribution is 1.98. The van der Waals surface area contributed by atoms with Crippen LogP contribution < -0.4 is 11.5 Å². The van der Waals surface area contributed by atoms with Crippen molar-refractivity contribution in [1.82, 2.24) is 0 Å². The van der Waals surface area contributed by atoms with Gasteiger partial charge in [0.25, 0.3) is 0 Å². The smallest absolute Gasteiger partial charge is 0.103 e. The lowest BCUT2D eigenvalue weighted by Crippen LogP contribution is -2.20. The molecule has 0 amide bonds. The Bertz CT molecular complexity index is 105. The van der Waals surface area contributed by atoms with Crippen molar-refractivity contribution < 1.29 is 10.2 Å². The van der Waals surface area contributed by atoms with Gasteiger partial charge in [-0.15, -0.1) is 0 Å². The van der Waals surface area contributed by atoms with Crippen LogP contribution in [-0.4, -0.2) is 34.7 Å². The quantitative estimate of drug-likeness (QED) is 0.505. The zero-order valence-corrected chi connectivity index (χ0v) is 10.1. The van der Waals surface area contributed by atoms with E-state index in [0.717, 1.165) is 5.75 Å². The van der Waals surface area contributed by atoms with Crippen LogP contribution in [0.3, 0.4) is 0 Å². The first-order chi connectivity index (χ1) is 6.40. The van der Waals surface area contributed by atoms with E-state index in [9.17, 15) is 0 Å². The highest BCUT2D eigenvalue weighted by Gasteiger charge is 1.97. The Morgan fingerprint density at radius 2 is 1.64 bits per heavy atom. The molecule has 0 saturated carbocycles. The van der Waals surface area contributed by atoms with Crippen LogP contribution >= 0.6 is 11.8 Å². The maximum absolute atomic E-state index is 8.50. The van der Waals surface area contributed by atoms with E-state index in [1.165, 1.54) is 0 Å². The van der Waals surface area contributed by atoms with Crippen molar-refractivity contribution in [2.24, 2.45) is 17.4 Å². The summed E-state index contributed by atoms with van der Waals surface area (Å²) in [6.07, 6.45) is 2.14. The third-order valence-corrected chi connectivity index (χ3v) is 1.97. The first kappa shape index (κ1) is 16.6. The van der Waals surface area contributed by atoms with Crippen molar-refractivity contribution in [2.45, 2.75) is 39.1 Å². The average molecular weight is 224 g/mol. The van der Waals surface area contributed by atoms with Crippen LogP contribution in [0.4, 0.5) is 0 Å². The van der Waals surface area contributed by atoms with Crippen molar-refractivity contribution in [3.8, 4) is 0 Å². The van der Waals surface area contributed by atoms with Gasteiger partial charge in [-0.2, -0.15) is 11.8 Å². The molecule has 88 valence electrons. The van der Waals surface area contributed by atoms with E-state index in [1.54, 1.807) is 11.8 Å². The lowest BCUT2D eigenvalue weighted by Gasteiger charge is -2.04. The summed E-state index contributed by atoms with van der Waals surface area (Å²) in [6.45, 7) is 4.05. The van der Waals surface area contributed by atoms with Crippen LogP contribution in [0, 0.1) is 5.92 Å². The minimum atomic E-state index is -0.625. The zero-order valence-electron chi connectivity index (χ0n) is 9.31. The van der Waals surface area contributed by atoms with Crippen LogP contribution in [-0.2, 0) is 0 Å². The monoisotopic (exact) mass is 224 g/mol. The molecule has 0 unspecified atom stereocenters. The van der Waals surface area contributed by atoms with Crippen molar-refractivity contribution in [2.75, 3.05) is 12.0 Å². The summed E-state index contributed by atoms with van der Waals surface area (Å²) in [7, 11) is 0. The fourth-order valence-electron chi connectivity index (χ4n) is 0.722. The SMILES string of the molecule is CC(C)C[C@H](N)O.CSCC[C@H](N)O. The summed E-state index contributed by atoms with van der Waals surface area (Å²) < 4.78 is 0. The van der Waals surface area contributed by atoms with Gasteiger partial charge in [-0.05, 0) is 30.8 Å². The second kappa shape index (κ2) is 11.3. The molecular formula is C9H24N2O2S. The fourth-order valence-corrected chi connectivity index (χ4v) is 1.20. The molecule has 0 spiro atoms. The van der Waals surface area contributed by atoms with Crippen LogP contribution in [0.25, 0.3) is 0 Å². The number of aliphatic hydroxyl groups is 2. The highest BCUT2D eigenvalue weighted by atomic mass is 32.2. The number of aliphatic hydroxyl groups excluding tert-OH is 2. The molecule has 0 rings (SSSR count). The normalized spacial score (nSPS) is 14.6. The van der Waals surface area contributed by atoms with Gasteiger partial charge in [0.15, 0.2) is 0 Å². The molecule has 4 nitrogen and oxygen atoms in total. The number of thioether (sulfide) groups is 1. The molecule has 0 aromatic heterocycles. The third kappa shape index (κ3) is 22.8. The summed E-state index contributed by atoms with van der Waals surface area (Å²) in [5.74, 6) is 1.44. The summed E-state index contributed by atoms with van der Waals surface area (Å²) in [4.78, 5) is 0. The Morgan fingerprint density at radius 3 is 1.71 bits per heavy atom. The number of hydrogen-bond donors (Lipinski definition) is 4. The van der Waals surface area contributed by atoms with Gasteiger partial charge in [-0.25, -0.2) is 0 Å². The molecule has 0 aliphatic heterocycles. The Morgan fingerprint density at radius 1 is 1.14 bits per heavy atom. The molecule has 0 fully saturated rings. The second-order valence-electron chi connectivity index (χ2n) is 3.55. The summed E-state index contributed by atoms with van der Waals surface area (Å²) in [5, 5.41) is 16.9. The number of rotatable bonds is 5. The van der Waals surface area contributed by atoms with E-state index in [2.05, 4.69) is 0 Å². The van der Waals surface area contributed by atoms with Gasteiger partial charge in [0.1, 0.15) is 12.5 Å². The van der Waals surface area contributed by atoms with E-state index in [0.29, 0.717) is 18.8 Å². The minimum absolute atomic E-state index is 0.500. The summed E-state index contributed by atoms with van der Waals surface area (Å²) in [5.41, 5.74) is 10.1. The first-order valence-corrected chi connectivity index (χ1v) is 6.15. The Balaban J connectivity index is 0. The predicted molar refractivity (Wildman–Crippen MR) is 62.8 cm³/mol. The van der Waals surface area contributed by atoms with Gasteiger partial charge in [0.05, 0.1) is 0 Å². The Hall–Kier alpha value is 0.190. The predicted octanol–water partition coefficient (Wildman–Crippen LogP) is 0.326. The second-order valence-corrected chi connectivity index (χ2v) is 4.53. The zero-order chi connectivity index (χ0) is 11.6. The van der Waals surface area contributed by atoms with E-state index in [1.807, 2.05) is 20.1 Å². The van der Waals surface area contributed by atoms with Gasteiger partial charge in [-0.1, -0.05) is 13.8 Å². The van der Waals surface area contributed by atoms with E-state index < -0.39 is 12.5 Å². The number of nitrogens with two attached hydrogens (primary N) is 2. The van der Waals surface area contributed by atoms with Crippen LogP contribution in [0.1, 0.15) is 26.7 Å². The van der Waals surface area contributed by atoms with Gasteiger partial charge in [0, 0.05) is 0 Å². The lowest BCUT2D eigenvalue weighted by molar-refractivity contribution is 0.156. The average Bonchev–Trinajstić information content (AvgIpc) is 1.99. The molecule has 0 heterocycles. The molecule has 14 heavy (non-hydrogen) atoms. The Kier molecular flexibility index (Phi) is 13.4. The van der Waals surface area contributed by atoms with Crippen molar-refractivity contribution in [3.05, 3.63) is 0 Å². The van der Waals surface area contributed by atoms with Crippen LogP contribution in [0.2, 0.25) is 0 Å². The van der Waals surface area contributed by atoms with Crippen LogP contribution in [0.5, 0.6) is 0 Å². The molecule has 0 aliphatic carbocycles. The van der Waals surface area contributed by atoms with Crippen molar-refractivity contribution >= 4 is 11.8 Å². The van der Waals surface area contributed by atoms with Gasteiger partial charge >= 0.3 is 0 Å². The van der Waals surface area contributed by atoms with E-state index >= 15 is 0 Å². The molecule has 5 heteroatoms. The van der Waals surface area contributed by atoms with Crippen LogP contribution in [0.15, 0.2) is 0 Å². The first-order valence-electron chi connectivity index (χ1n) is 4.76. The van der Waals surface area contributed by atoms with Gasteiger partial charge in [-0.3, -0.25) is 0 Å². The molecule has 0 aliphatic rings. The maximum Gasteiger partial charge on any atom is 0.103 e. The van der Waals surface area contributed by atoms with Gasteiger partial charge < -0.3 is 21.7 Å². The molecule has 0 saturated heterocycles. The minimum Gasteiger partial charge on any atom is -0.379 e. The van der Waals surface area contributed by atoms with Gasteiger partial charge in [0.2, 0.25) is 0 Å². The summed E-state index contributed by atoms with van der Waals surface area (Å²) >= 11 is 1.69. The fraction of sp³-hybridized carbons (Fsp3) is 1.00. The van der Waals surface area contributed by atoms with E-state index in [-0.39, 0.29) is 0 Å². The molecular weight excluding hydrogens is 200 g/mol. The highest BCUT2D eigenvalue weighted by molar-refractivity contribution is 7.98.